The Morgan fingerprint density at radius 3 is 1.25 bits per heavy atom. The van der Waals surface area contributed by atoms with Crippen molar-refractivity contribution in [1.29, 1.82) is 0 Å². The van der Waals surface area contributed by atoms with Crippen molar-refractivity contribution in [3.8, 4) is 0 Å². The largest absolute Gasteiger partial charge is 0.462 e. The SMILES string of the molecule is CCC=CCC=CCC=CCC=CCC=CCCCCCC(=O)OC(CO)COC(=O)CCCCC=CCC=CCC=CCC=CCC. The molecule has 1 unspecified atom stereocenters. The number of carbonyl (C=O) groups excluding carboxylic acids is 2. The zero-order valence-electron chi connectivity index (χ0n) is 30.2. The van der Waals surface area contributed by atoms with Gasteiger partial charge in [0.1, 0.15) is 6.61 Å². The van der Waals surface area contributed by atoms with Gasteiger partial charge in [0.05, 0.1) is 6.61 Å². The molecular weight excluding hydrogens is 596 g/mol. The second kappa shape index (κ2) is 38.0. The van der Waals surface area contributed by atoms with Gasteiger partial charge in [0, 0.05) is 12.8 Å². The van der Waals surface area contributed by atoms with E-state index in [1.54, 1.807) is 0 Å². The third-order valence-corrected chi connectivity index (χ3v) is 7.06. The molecule has 0 aliphatic carbocycles. The molecule has 0 aromatic carbocycles. The lowest BCUT2D eigenvalue weighted by Crippen LogP contribution is -2.28. The summed E-state index contributed by atoms with van der Waals surface area (Å²) < 4.78 is 10.5. The molecular formula is C43H66O5. The number of aliphatic hydroxyl groups excluding tert-OH is 1. The van der Waals surface area contributed by atoms with E-state index in [0.29, 0.717) is 12.8 Å². The molecule has 0 radical (unpaired) electrons. The first kappa shape index (κ1) is 44.6. The molecule has 0 aromatic heterocycles. The molecule has 5 heteroatoms. The Hall–Kier alpha value is -3.44. The van der Waals surface area contributed by atoms with Crippen LogP contribution in [-0.2, 0) is 19.1 Å². The predicted octanol–water partition coefficient (Wildman–Crippen LogP) is 11.5. The molecule has 0 saturated heterocycles. The van der Waals surface area contributed by atoms with Crippen LogP contribution >= 0.6 is 0 Å². The number of ether oxygens (including phenoxy) is 2. The van der Waals surface area contributed by atoms with E-state index in [2.05, 4.69) is 123 Å². The number of rotatable bonds is 31. The molecule has 0 saturated carbocycles. The van der Waals surface area contributed by atoms with Gasteiger partial charge in [-0.2, -0.15) is 0 Å². The van der Waals surface area contributed by atoms with Gasteiger partial charge in [-0.1, -0.05) is 130 Å². The van der Waals surface area contributed by atoms with Crippen LogP contribution in [0, 0.1) is 0 Å². The molecule has 1 atom stereocenters. The van der Waals surface area contributed by atoms with Gasteiger partial charge in [-0.3, -0.25) is 9.59 Å². The Labute approximate surface area is 293 Å². The van der Waals surface area contributed by atoms with E-state index in [1.165, 1.54) is 0 Å². The van der Waals surface area contributed by atoms with Crippen LogP contribution < -0.4 is 0 Å². The Kier molecular flexibility index (Phi) is 35.3. The fourth-order valence-corrected chi connectivity index (χ4v) is 4.33. The summed E-state index contributed by atoms with van der Waals surface area (Å²) in [5.74, 6) is -0.692. The second-order valence-electron chi connectivity index (χ2n) is 11.5. The summed E-state index contributed by atoms with van der Waals surface area (Å²) >= 11 is 0. The minimum Gasteiger partial charge on any atom is -0.462 e. The fraction of sp³-hybridized carbons (Fsp3) is 0.535. The number of carbonyl (C=O) groups is 2. The smallest absolute Gasteiger partial charge is 0.306 e. The fourth-order valence-electron chi connectivity index (χ4n) is 4.33. The summed E-state index contributed by atoms with van der Waals surface area (Å²) in [6, 6.07) is 0. The highest BCUT2D eigenvalue weighted by Crippen LogP contribution is 2.08. The molecule has 0 aromatic rings. The number of hydrogen-bond donors (Lipinski definition) is 1. The van der Waals surface area contributed by atoms with Crippen LogP contribution in [0.1, 0.15) is 129 Å². The van der Waals surface area contributed by atoms with Gasteiger partial charge in [-0.25, -0.2) is 0 Å². The number of hydrogen-bond acceptors (Lipinski definition) is 5. The average Bonchev–Trinajstić information content (AvgIpc) is 3.09. The zero-order valence-corrected chi connectivity index (χ0v) is 30.2. The van der Waals surface area contributed by atoms with E-state index < -0.39 is 6.10 Å². The topological polar surface area (TPSA) is 72.8 Å². The quantitative estimate of drug-likeness (QED) is 0.0454. The lowest BCUT2D eigenvalue weighted by molar-refractivity contribution is -0.161. The lowest BCUT2D eigenvalue weighted by atomic mass is 10.1. The molecule has 5 nitrogen and oxygen atoms in total. The van der Waals surface area contributed by atoms with Crippen molar-refractivity contribution in [1.82, 2.24) is 0 Å². The van der Waals surface area contributed by atoms with Crippen LogP contribution in [0.3, 0.4) is 0 Å². The normalized spacial score (nSPS) is 13.5. The number of aliphatic hydroxyl groups is 1. The third-order valence-electron chi connectivity index (χ3n) is 7.06. The van der Waals surface area contributed by atoms with Crippen molar-refractivity contribution in [2.45, 2.75) is 136 Å². The van der Waals surface area contributed by atoms with E-state index in [9.17, 15) is 14.7 Å². The van der Waals surface area contributed by atoms with Crippen molar-refractivity contribution >= 4 is 11.9 Å². The van der Waals surface area contributed by atoms with Crippen molar-refractivity contribution < 1.29 is 24.2 Å². The summed E-state index contributed by atoms with van der Waals surface area (Å²) in [5, 5.41) is 9.53. The minimum absolute atomic E-state index is 0.109. The van der Waals surface area contributed by atoms with Gasteiger partial charge >= 0.3 is 11.9 Å². The van der Waals surface area contributed by atoms with E-state index in [-0.39, 0.29) is 25.2 Å². The summed E-state index contributed by atoms with van der Waals surface area (Å²) in [5.41, 5.74) is 0. The maximum absolute atomic E-state index is 12.1. The van der Waals surface area contributed by atoms with Crippen LogP contribution in [0.4, 0.5) is 0 Å². The Bertz CT molecular complexity index is 1020. The lowest BCUT2D eigenvalue weighted by Gasteiger charge is -2.15. The van der Waals surface area contributed by atoms with Gasteiger partial charge in [-0.15, -0.1) is 0 Å². The van der Waals surface area contributed by atoms with Gasteiger partial charge in [-0.05, 0) is 96.3 Å². The molecule has 0 rings (SSSR count). The molecule has 0 aliphatic heterocycles. The van der Waals surface area contributed by atoms with Crippen molar-refractivity contribution in [3.63, 3.8) is 0 Å². The average molecular weight is 663 g/mol. The van der Waals surface area contributed by atoms with E-state index >= 15 is 0 Å². The van der Waals surface area contributed by atoms with Gasteiger partial charge < -0.3 is 14.6 Å². The summed E-state index contributed by atoms with van der Waals surface area (Å²) in [4.78, 5) is 24.2. The Morgan fingerprint density at radius 2 is 0.833 bits per heavy atom. The standard InChI is InChI=1S/C43H66O5/c1-3-5-7-9-11-13-15-17-19-20-21-22-24-26-28-30-32-34-36-38-43(46)48-41(39-44)40-47-42(45)37-35-33-31-29-27-25-23-18-16-14-12-10-8-6-4-2/h5-8,11-14,17-19,21-23,26-29,41,44H,3-4,9-10,15-16,20,24-25,30-40H2,1-2H3. The van der Waals surface area contributed by atoms with Crippen LogP contribution in [0.2, 0.25) is 0 Å². The zero-order chi connectivity index (χ0) is 35.0. The van der Waals surface area contributed by atoms with Gasteiger partial charge in [0.15, 0.2) is 6.10 Å². The molecule has 0 heterocycles. The number of allylic oxidation sites excluding steroid dienone is 18. The molecule has 268 valence electrons. The highest BCUT2D eigenvalue weighted by atomic mass is 16.6. The molecule has 0 fully saturated rings. The minimum atomic E-state index is -0.813. The van der Waals surface area contributed by atoms with E-state index in [1.807, 2.05) is 0 Å². The van der Waals surface area contributed by atoms with E-state index in [0.717, 1.165) is 103 Å². The van der Waals surface area contributed by atoms with E-state index in [4.69, 9.17) is 9.47 Å². The molecule has 48 heavy (non-hydrogen) atoms. The van der Waals surface area contributed by atoms with Crippen LogP contribution in [0.15, 0.2) is 109 Å². The predicted molar refractivity (Wildman–Crippen MR) is 205 cm³/mol. The van der Waals surface area contributed by atoms with Crippen LogP contribution in [-0.4, -0.2) is 36.4 Å². The van der Waals surface area contributed by atoms with Crippen molar-refractivity contribution in [3.05, 3.63) is 109 Å². The van der Waals surface area contributed by atoms with Crippen molar-refractivity contribution in [2.75, 3.05) is 13.2 Å². The van der Waals surface area contributed by atoms with Gasteiger partial charge in [0.2, 0.25) is 0 Å². The second-order valence-corrected chi connectivity index (χ2v) is 11.5. The van der Waals surface area contributed by atoms with Crippen LogP contribution in [0.25, 0.3) is 0 Å². The monoisotopic (exact) mass is 662 g/mol. The highest BCUT2D eigenvalue weighted by molar-refractivity contribution is 5.70. The number of esters is 2. The van der Waals surface area contributed by atoms with Crippen molar-refractivity contribution in [2.24, 2.45) is 0 Å². The molecule has 0 aliphatic rings. The summed E-state index contributed by atoms with van der Waals surface area (Å²) in [6.45, 7) is 3.81. The molecule has 0 spiro atoms. The summed E-state index contributed by atoms with van der Waals surface area (Å²) in [7, 11) is 0. The third kappa shape index (κ3) is 35.4. The number of unbranched alkanes of at least 4 members (excludes halogenated alkanes) is 5. The maximum Gasteiger partial charge on any atom is 0.306 e. The van der Waals surface area contributed by atoms with Crippen LogP contribution in [0.5, 0.6) is 0 Å². The molecule has 1 N–H and O–H groups in total. The molecule has 0 amide bonds. The summed E-state index contributed by atoms with van der Waals surface area (Å²) in [6.07, 6.45) is 54.3. The first-order chi connectivity index (χ1) is 23.6. The van der Waals surface area contributed by atoms with Gasteiger partial charge in [0.25, 0.3) is 0 Å². The first-order valence-electron chi connectivity index (χ1n) is 18.4. The first-order valence-corrected chi connectivity index (χ1v) is 18.4. The Balaban J connectivity index is 3.76. The maximum atomic E-state index is 12.1. The Morgan fingerprint density at radius 1 is 0.479 bits per heavy atom. The highest BCUT2D eigenvalue weighted by Gasteiger charge is 2.15. The molecule has 0 bridgehead atoms.